The number of carbonyl (C=O) groups is 1. The lowest BCUT2D eigenvalue weighted by molar-refractivity contribution is -0.116. The Balaban J connectivity index is 1.81. The molecule has 1 unspecified atom stereocenters. The lowest BCUT2D eigenvalue weighted by Crippen LogP contribution is -2.09. The van der Waals surface area contributed by atoms with E-state index in [0.29, 0.717) is 12.8 Å². The van der Waals surface area contributed by atoms with Crippen LogP contribution in [0.3, 0.4) is 0 Å². The normalized spacial score (nSPS) is 16.1. The molecule has 0 fully saturated rings. The summed E-state index contributed by atoms with van der Waals surface area (Å²) in [6, 6.07) is 9.88. The van der Waals surface area contributed by atoms with E-state index in [9.17, 15) is 9.90 Å². The minimum Gasteiger partial charge on any atom is -0.388 e. The Morgan fingerprint density at radius 1 is 1.30 bits per heavy atom. The van der Waals surface area contributed by atoms with Crippen LogP contribution in [0.25, 0.3) is 0 Å². The fraction of sp³-hybridized carbons (Fsp3) is 0.312. The van der Waals surface area contributed by atoms with Crippen LogP contribution >= 0.6 is 11.3 Å². The van der Waals surface area contributed by atoms with Gasteiger partial charge in [-0.2, -0.15) is 0 Å². The van der Waals surface area contributed by atoms with Gasteiger partial charge in [-0.25, -0.2) is 0 Å². The molecule has 0 aliphatic carbocycles. The maximum absolute atomic E-state index is 11.5. The second-order valence-electron chi connectivity index (χ2n) is 5.12. The quantitative estimate of drug-likeness (QED) is 0.910. The van der Waals surface area contributed by atoms with Crippen molar-refractivity contribution in [3.05, 3.63) is 51.7 Å². The maximum atomic E-state index is 11.5. The first-order chi connectivity index (χ1) is 9.72. The van der Waals surface area contributed by atoms with Crippen LogP contribution in [0.2, 0.25) is 0 Å². The number of fused-ring (bicyclic) bond motifs is 1. The van der Waals surface area contributed by atoms with Crippen LogP contribution in [0.15, 0.2) is 35.7 Å². The van der Waals surface area contributed by atoms with Crippen molar-refractivity contribution in [2.75, 3.05) is 5.32 Å². The molecule has 1 aliphatic heterocycles. The molecule has 0 radical (unpaired) electrons. The van der Waals surface area contributed by atoms with Crippen LogP contribution in [-0.4, -0.2) is 11.0 Å². The lowest BCUT2D eigenvalue weighted by Gasteiger charge is -2.13. The monoisotopic (exact) mass is 287 g/mol. The standard InChI is InChI=1S/C16H17NO2S/c18-15(10-13-4-2-8-20-13)12-6-7-14-11(9-12)3-1-5-16(19)17-14/h2,4,6-9,15,18H,1,3,5,10H2,(H,17,19). The van der Waals surface area contributed by atoms with Crippen LogP contribution in [0.5, 0.6) is 0 Å². The Kier molecular flexibility index (Phi) is 3.85. The number of rotatable bonds is 3. The summed E-state index contributed by atoms with van der Waals surface area (Å²) in [6.45, 7) is 0. The smallest absolute Gasteiger partial charge is 0.224 e. The third kappa shape index (κ3) is 2.92. The van der Waals surface area contributed by atoms with Gasteiger partial charge in [0.1, 0.15) is 0 Å². The number of benzene rings is 1. The van der Waals surface area contributed by atoms with E-state index in [0.717, 1.165) is 29.7 Å². The van der Waals surface area contributed by atoms with Gasteiger partial charge in [0.05, 0.1) is 6.10 Å². The van der Waals surface area contributed by atoms with Gasteiger partial charge < -0.3 is 10.4 Å². The average Bonchev–Trinajstić information content (AvgIpc) is 2.85. The van der Waals surface area contributed by atoms with Gasteiger partial charge >= 0.3 is 0 Å². The minimum atomic E-state index is -0.488. The third-order valence-electron chi connectivity index (χ3n) is 3.61. The molecule has 104 valence electrons. The first-order valence-electron chi connectivity index (χ1n) is 6.85. The van der Waals surface area contributed by atoms with Crippen molar-refractivity contribution < 1.29 is 9.90 Å². The zero-order chi connectivity index (χ0) is 13.9. The van der Waals surface area contributed by atoms with Crippen LogP contribution in [0.1, 0.15) is 34.9 Å². The Morgan fingerprint density at radius 3 is 3.00 bits per heavy atom. The number of anilines is 1. The number of carbonyl (C=O) groups excluding carboxylic acids is 1. The molecular weight excluding hydrogens is 270 g/mol. The summed E-state index contributed by atoms with van der Waals surface area (Å²) >= 11 is 1.66. The van der Waals surface area contributed by atoms with Crippen molar-refractivity contribution in [2.45, 2.75) is 31.8 Å². The van der Waals surface area contributed by atoms with Crippen LogP contribution in [-0.2, 0) is 17.6 Å². The van der Waals surface area contributed by atoms with E-state index in [-0.39, 0.29) is 5.91 Å². The molecule has 0 saturated carbocycles. The number of hydrogen-bond acceptors (Lipinski definition) is 3. The van der Waals surface area contributed by atoms with E-state index >= 15 is 0 Å². The molecule has 1 amide bonds. The molecule has 0 saturated heterocycles. The van der Waals surface area contributed by atoms with E-state index in [4.69, 9.17) is 0 Å². The molecule has 1 aromatic heterocycles. The Morgan fingerprint density at radius 2 is 2.20 bits per heavy atom. The molecule has 1 atom stereocenters. The first kappa shape index (κ1) is 13.3. The zero-order valence-electron chi connectivity index (χ0n) is 11.1. The second kappa shape index (κ2) is 5.77. The summed E-state index contributed by atoms with van der Waals surface area (Å²) in [6.07, 6.45) is 2.47. The second-order valence-corrected chi connectivity index (χ2v) is 6.15. The van der Waals surface area contributed by atoms with E-state index in [1.807, 2.05) is 35.7 Å². The van der Waals surface area contributed by atoms with Gasteiger partial charge in [0.15, 0.2) is 0 Å². The summed E-state index contributed by atoms with van der Waals surface area (Å²) in [5.41, 5.74) is 2.94. The van der Waals surface area contributed by atoms with Crippen molar-refractivity contribution >= 4 is 22.9 Å². The highest BCUT2D eigenvalue weighted by atomic mass is 32.1. The fourth-order valence-electron chi connectivity index (χ4n) is 2.54. The zero-order valence-corrected chi connectivity index (χ0v) is 12.0. The topological polar surface area (TPSA) is 49.3 Å². The summed E-state index contributed by atoms with van der Waals surface area (Å²) in [5.74, 6) is 0.0793. The van der Waals surface area contributed by atoms with Gasteiger partial charge in [-0.05, 0) is 41.5 Å². The van der Waals surface area contributed by atoms with Crippen molar-refractivity contribution in [1.29, 1.82) is 0 Å². The number of nitrogens with one attached hydrogen (secondary N) is 1. The van der Waals surface area contributed by atoms with Gasteiger partial charge in [0.25, 0.3) is 0 Å². The van der Waals surface area contributed by atoms with Gasteiger partial charge in [-0.15, -0.1) is 11.3 Å². The molecule has 3 rings (SSSR count). The van der Waals surface area contributed by atoms with Crippen LogP contribution in [0.4, 0.5) is 5.69 Å². The van der Waals surface area contributed by atoms with Gasteiger partial charge in [0, 0.05) is 23.4 Å². The van der Waals surface area contributed by atoms with Crippen LogP contribution in [0, 0.1) is 0 Å². The van der Waals surface area contributed by atoms with E-state index in [1.54, 1.807) is 11.3 Å². The molecular formula is C16H17NO2S. The molecule has 4 heteroatoms. The molecule has 1 aromatic carbocycles. The van der Waals surface area contributed by atoms with Gasteiger partial charge in [0.2, 0.25) is 5.91 Å². The molecule has 0 spiro atoms. The predicted molar refractivity (Wildman–Crippen MR) is 81.0 cm³/mol. The molecule has 20 heavy (non-hydrogen) atoms. The molecule has 1 aliphatic rings. The number of aliphatic hydroxyl groups excluding tert-OH is 1. The Bertz CT molecular complexity index is 607. The number of aliphatic hydroxyl groups is 1. The summed E-state index contributed by atoms with van der Waals surface area (Å²) in [5, 5.41) is 15.3. The fourth-order valence-corrected chi connectivity index (χ4v) is 3.28. The van der Waals surface area contributed by atoms with E-state index < -0.39 is 6.10 Å². The molecule has 0 bridgehead atoms. The molecule has 2 heterocycles. The lowest BCUT2D eigenvalue weighted by atomic mass is 9.99. The highest BCUT2D eigenvalue weighted by molar-refractivity contribution is 7.09. The molecule has 2 N–H and O–H groups in total. The minimum absolute atomic E-state index is 0.0793. The van der Waals surface area contributed by atoms with Crippen LogP contribution < -0.4 is 5.32 Å². The third-order valence-corrected chi connectivity index (χ3v) is 4.51. The van der Waals surface area contributed by atoms with Gasteiger partial charge in [-0.1, -0.05) is 18.2 Å². The SMILES string of the molecule is O=C1CCCc2cc(C(O)Cc3cccs3)ccc2N1. The molecule has 3 nitrogen and oxygen atoms in total. The largest absolute Gasteiger partial charge is 0.388 e. The highest BCUT2D eigenvalue weighted by Crippen LogP contribution is 2.28. The van der Waals surface area contributed by atoms with Crippen molar-refractivity contribution in [3.63, 3.8) is 0 Å². The van der Waals surface area contributed by atoms with E-state index in [2.05, 4.69) is 5.32 Å². The highest BCUT2D eigenvalue weighted by Gasteiger charge is 2.16. The predicted octanol–water partition coefficient (Wildman–Crippen LogP) is 3.30. The van der Waals surface area contributed by atoms with Gasteiger partial charge in [-0.3, -0.25) is 4.79 Å². The van der Waals surface area contributed by atoms with Crippen molar-refractivity contribution in [2.24, 2.45) is 0 Å². The van der Waals surface area contributed by atoms with Crippen molar-refractivity contribution in [3.8, 4) is 0 Å². The number of thiophene rings is 1. The Labute approximate surface area is 122 Å². The molecule has 2 aromatic rings. The maximum Gasteiger partial charge on any atom is 0.224 e. The number of amides is 1. The summed E-state index contributed by atoms with van der Waals surface area (Å²) < 4.78 is 0. The van der Waals surface area contributed by atoms with E-state index in [1.165, 1.54) is 4.88 Å². The summed E-state index contributed by atoms with van der Waals surface area (Å²) in [4.78, 5) is 12.7. The number of hydrogen-bond donors (Lipinski definition) is 2. The Hall–Kier alpha value is -1.65. The van der Waals surface area contributed by atoms with Crippen molar-refractivity contribution in [1.82, 2.24) is 0 Å². The summed E-state index contributed by atoms with van der Waals surface area (Å²) in [7, 11) is 0. The number of aryl methyl sites for hydroxylation is 1. The first-order valence-corrected chi connectivity index (χ1v) is 7.73. The average molecular weight is 287 g/mol.